The normalized spacial score (nSPS) is 12.6. The molecule has 7 heteroatoms. The molecule has 0 saturated carbocycles. The van der Waals surface area contributed by atoms with E-state index in [4.69, 9.17) is 0 Å². The van der Waals surface area contributed by atoms with Crippen molar-refractivity contribution >= 4 is 17.1 Å². The Hall–Kier alpha value is -3.09. The first-order valence-corrected chi connectivity index (χ1v) is 10.1. The Balaban J connectivity index is 0.00000249. The van der Waals surface area contributed by atoms with Crippen molar-refractivity contribution in [3.8, 4) is 0 Å². The maximum atomic E-state index is 14.8. The van der Waals surface area contributed by atoms with Gasteiger partial charge in [-0.15, -0.1) is 0 Å². The standard InChI is InChI=1S/C23H23F5N2.C2H6/c1-6-15(13(2)24)9-22(30(4)5)18-8-7-17(12-19(18)26)29-14(3)23-20(27)10-16(25)11-21(23)28;1-2/h6-13,29H,3H2,1-2,4-5H3;1-2H3/b15-6+,22-9-;. The van der Waals surface area contributed by atoms with Crippen LogP contribution in [0.3, 0.4) is 0 Å². The number of allylic oxidation sites excluding steroid dienone is 3. The number of nitrogens with zero attached hydrogens (tertiary/aromatic N) is 1. The van der Waals surface area contributed by atoms with E-state index in [1.165, 1.54) is 19.1 Å². The van der Waals surface area contributed by atoms with Gasteiger partial charge < -0.3 is 10.2 Å². The second-order valence-corrected chi connectivity index (χ2v) is 6.87. The number of hydrogen-bond donors (Lipinski definition) is 1. The Morgan fingerprint density at radius 3 is 2.00 bits per heavy atom. The number of alkyl halides is 1. The summed E-state index contributed by atoms with van der Waals surface area (Å²) in [6.07, 6.45) is 1.94. The first-order valence-electron chi connectivity index (χ1n) is 10.1. The van der Waals surface area contributed by atoms with E-state index in [0.29, 0.717) is 23.4 Å². The topological polar surface area (TPSA) is 15.3 Å². The Morgan fingerprint density at radius 2 is 1.56 bits per heavy atom. The van der Waals surface area contributed by atoms with Gasteiger partial charge in [0.05, 0.1) is 5.56 Å². The first kappa shape index (κ1) is 26.9. The number of hydrogen-bond acceptors (Lipinski definition) is 2. The number of anilines is 1. The van der Waals surface area contributed by atoms with Gasteiger partial charge in [0.15, 0.2) is 0 Å². The van der Waals surface area contributed by atoms with Crippen LogP contribution < -0.4 is 5.32 Å². The molecule has 1 unspecified atom stereocenters. The molecular weight excluding hydrogens is 423 g/mol. The monoisotopic (exact) mass is 452 g/mol. The average molecular weight is 453 g/mol. The summed E-state index contributed by atoms with van der Waals surface area (Å²) in [4.78, 5) is 1.65. The van der Waals surface area contributed by atoms with Crippen molar-refractivity contribution in [2.24, 2.45) is 0 Å². The molecule has 2 aromatic carbocycles. The van der Waals surface area contributed by atoms with E-state index in [-0.39, 0.29) is 16.9 Å². The molecule has 174 valence electrons. The van der Waals surface area contributed by atoms with Crippen molar-refractivity contribution in [1.29, 1.82) is 0 Å². The third-order valence-electron chi connectivity index (χ3n) is 4.43. The summed E-state index contributed by atoms with van der Waals surface area (Å²) >= 11 is 0. The molecule has 0 aromatic heterocycles. The largest absolute Gasteiger partial charge is 0.377 e. The molecule has 1 N–H and O–H groups in total. The number of halogens is 5. The lowest BCUT2D eigenvalue weighted by Gasteiger charge is -2.20. The molecular formula is C25H29F5N2. The Labute approximate surface area is 186 Å². The van der Waals surface area contributed by atoms with E-state index < -0.39 is 35.0 Å². The molecule has 0 saturated heterocycles. The van der Waals surface area contributed by atoms with Crippen LogP contribution >= 0.6 is 0 Å². The molecule has 2 nitrogen and oxygen atoms in total. The van der Waals surface area contributed by atoms with Gasteiger partial charge in [0.1, 0.15) is 29.4 Å². The molecule has 0 spiro atoms. The molecule has 2 rings (SSSR count). The van der Waals surface area contributed by atoms with E-state index >= 15 is 0 Å². The molecule has 0 heterocycles. The van der Waals surface area contributed by atoms with Crippen LogP contribution in [-0.2, 0) is 0 Å². The van der Waals surface area contributed by atoms with Crippen LogP contribution in [0.25, 0.3) is 11.4 Å². The lowest BCUT2D eigenvalue weighted by molar-refractivity contribution is 0.416. The van der Waals surface area contributed by atoms with Gasteiger partial charge in [0.25, 0.3) is 0 Å². The highest BCUT2D eigenvalue weighted by Gasteiger charge is 2.17. The smallest absolute Gasteiger partial charge is 0.138 e. The van der Waals surface area contributed by atoms with Crippen LogP contribution in [0.4, 0.5) is 27.6 Å². The Kier molecular flexibility index (Phi) is 10.2. The molecule has 1 atom stereocenters. The van der Waals surface area contributed by atoms with Gasteiger partial charge in [0, 0.05) is 48.9 Å². The minimum absolute atomic E-state index is 0.188. The maximum Gasteiger partial charge on any atom is 0.138 e. The molecule has 0 radical (unpaired) electrons. The number of nitrogens with one attached hydrogen (secondary N) is 1. The van der Waals surface area contributed by atoms with Crippen molar-refractivity contribution in [3.05, 3.63) is 89.0 Å². The summed E-state index contributed by atoms with van der Waals surface area (Å²) in [5, 5.41) is 2.62. The minimum Gasteiger partial charge on any atom is -0.377 e. The number of benzene rings is 2. The van der Waals surface area contributed by atoms with Crippen LogP contribution in [0.1, 0.15) is 38.8 Å². The van der Waals surface area contributed by atoms with Crippen molar-refractivity contribution in [2.45, 2.75) is 33.9 Å². The highest BCUT2D eigenvalue weighted by Crippen LogP contribution is 2.28. The number of rotatable bonds is 7. The predicted molar refractivity (Wildman–Crippen MR) is 123 cm³/mol. The molecule has 32 heavy (non-hydrogen) atoms. The van der Waals surface area contributed by atoms with Crippen molar-refractivity contribution < 1.29 is 22.0 Å². The summed E-state index contributed by atoms with van der Waals surface area (Å²) in [6.45, 7) is 10.6. The van der Waals surface area contributed by atoms with Crippen LogP contribution in [0.15, 0.2) is 54.6 Å². The van der Waals surface area contributed by atoms with E-state index in [1.807, 2.05) is 13.8 Å². The highest BCUT2D eigenvalue weighted by atomic mass is 19.2. The van der Waals surface area contributed by atoms with Gasteiger partial charge in [-0.1, -0.05) is 26.5 Å². The van der Waals surface area contributed by atoms with Gasteiger partial charge >= 0.3 is 0 Å². The van der Waals surface area contributed by atoms with Crippen molar-refractivity contribution in [2.75, 3.05) is 19.4 Å². The van der Waals surface area contributed by atoms with E-state index in [1.54, 1.807) is 38.1 Å². The predicted octanol–water partition coefficient (Wildman–Crippen LogP) is 7.56. The zero-order valence-corrected chi connectivity index (χ0v) is 19.2. The minimum atomic E-state index is -1.22. The maximum absolute atomic E-state index is 14.8. The lowest BCUT2D eigenvalue weighted by atomic mass is 10.0. The van der Waals surface area contributed by atoms with Gasteiger partial charge in [0.2, 0.25) is 0 Å². The summed E-state index contributed by atoms with van der Waals surface area (Å²) in [5.41, 5.74) is 0.525. The van der Waals surface area contributed by atoms with Crippen LogP contribution in [0.5, 0.6) is 0 Å². The second-order valence-electron chi connectivity index (χ2n) is 6.87. The first-order chi connectivity index (χ1) is 15.0. The fraction of sp³-hybridized carbons (Fsp3) is 0.280. The van der Waals surface area contributed by atoms with E-state index in [0.717, 1.165) is 6.07 Å². The lowest BCUT2D eigenvalue weighted by Crippen LogP contribution is -2.13. The van der Waals surface area contributed by atoms with Crippen molar-refractivity contribution in [1.82, 2.24) is 4.90 Å². The fourth-order valence-corrected chi connectivity index (χ4v) is 2.90. The summed E-state index contributed by atoms with van der Waals surface area (Å²) in [6, 6.07) is 5.16. The fourth-order valence-electron chi connectivity index (χ4n) is 2.90. The quantitative estimate of drug-likeness (QED) is 0.344. The van der Waals surface area contributed by atoms with Gasteiger partial charge in [-0.3, -0.25) is 0 Å². The van der Waals surface area contributed by atoms with Crippen LogP contribution in [0, 0.1) is 23.3 Å². The molecule has 0 aliphatic rings. The van der Waals surface area contributed by atoms with Crippen LogP contribution in [0.2, 0.25) is 0 Å². The van der Waals surface area contributed by atoms with Gasteiger partial charge in [-0.05, 0) is 43.7 Å². The molecule has 0 aliphatic carbocycles. The van der Waals surface area contributed by atoms with E-state index in [9.17, 15) is 22.0 Å². The third-order valence-corrected chi connectivity index (χ3v) is 4.43. The van der Waals surface area contributed by atoms with Gasteiger partial charge in [-0.2, -0.15) is 0 Å². The third kappa shape index (κ3) is 6.70. The molecule has 2 aromatic rings. The van der Waals surface area contributed by atoms with E-state index in [2.05, 4.69) is 11.9 Å². The summed E-state index contributed by atoms with van der Waals surface area (Å²) in [5.74, 6) is -3.93. The second kappa shape index (κ2) is 12.1. The van der Waals surface area contributed by atoms with Crippen molar-refractivity contribution in [3.63, 3.8) is 0 Å². The van der Waals surface area contributed by atoms with Gasteiger partial charge in [-0.25, -0.2) is 22.0 Å². The highest BCUT2D eigenvalue weighted by molar-refractivity contribution is 5.77. The molecule has 0 bridgehead atoms. The molecule has 0 amide bonds. The summed E-state index contributed by atoms with van der Waals surface area (Å²) in [7, 11) is 3.41. The SMILES string of the molecule is C=C(Nc1ccc(/C(=C/C(=C\C)C(C)F)N(C)C)c(F)c1)c1c(F)cc(F)cc1F.CC. The zero-order chi connectivity index (χ0) is 24.6. The Bertz CT molecular complexity index is 984. The summed E-state index contributed by atoms with van der Waals surface area (Å²) < 4.78 is 69.5. The Morgan fingerprint density at radius 1 is 1.00 bits per heavy atom. The van der Waals surface area contributed by atoms with Crippen LogP contribution in [-0.4, -0.2) is 25.2 Å². The average Bonchev–Trinajstić information content (AvgIpc) is 2.70. The zero-order valence-electron chi connectivity index (χ0n) is 19.2. The molecule has 0 fully saturated rings. The molecule has 0 aliphatic heterocycles.